The summed E-state index contributed by atoms with van der Waals surface area (Å²) in [6.45, 7) is 2.60. The monoisotopic (exact) mass is 219 g/mol. The molecule has 2 heteroatoms. The van der Waals surface area contributed by atoms with Gasteiger partial charge in [0.15, 0.2) is 0 Å². The van der Waals surface area contributed by atoms with Gasteiger partial charge in [-0.3, -0.25) is 0 Å². The third-order valence-electron chi connectivity index (χ3n) is 3.46. The molecule has 0 heterocycles. The number of nitrogens with two attached hydrogens (primary N) is 1. The zero-order chi connectivity index (χ0) is 11.5. The molecule has 1 saturated carbocycles. The van der Waals surface area contributed by atoms with Crippen molar-refractivity contribution in [1.29, 1.82) is 0 Å². The van der Waals surface area contributed by atoms with E-state index in [1.807, 2.05) is 6.07 Å². The van der Waals surface area contributed by atoms with Gasteiger partial charge in [0.05, 0.1) is 6.10 Å². The van der Waals surface area contributed by atoms with Crippen molar-refractivity contribution in [2.45, 2.75) is 38.2 Å². The van der Waals surface area contributed by atoms with Crippen molar-refractivity contribution < 1.29 is 5.11 Å². The van der Waals surface area contributed by atoms with Crippen molar-refractivity contribution in [2.24, 2.45) is 11.7 Å². The van der Waals surface area contributed by atoms with Gasteiger partial charge in [-0.05, 0) is 24.8 Å². The summed E-state index contributed by atoms with van der Waals surface area (Å²) in [6, 6.07) is 8.32. The lowest BCUT2D eigenvalue weighted by Crippen LogP contribution is -2.26. The molecule has 0 aliphatic heterocycles. The number of hydrogen-bond acceptors (Lipinski definition) is 2. The summed E-state index contributed by atoms with van der Waals surface area (Å²) < 4.78 is 0. The van der Waals surface area contributed by atoms with E-state index in [1.54, 1.807) is 0 Å². The number of aryl methyl sites for hydroxylation is 1. The van der Waals surface area contributed by atoms with Crippen LogP contribution in [0.5, 0.6) is 0 Å². The molecule has 0 radical (unpaired) electrons. The van der Waals surface area contributed by atoms with Crippen LogP contribution in [-0.2, 0) is 0 Å². The summed E-state index contributed by atoms with van der Waals surface area (Å²) in [4.78, 5) is 0. The minimum Gasteiger partial charge on any atom is -0.392 e. The third kappa shape index (κ3) is 2.83. The first-order valence-corrected chi connectivity index (χ1v) is 6.15. The highest BCUT2D eigenvalue weighted by Crippen LogP contribution is 2.36. The van der Waals surface area contributed by atoms with Crippen molar-refractivity contribution in [3.05, 3.63) is 35.4 Å². The Hall–Kier alpha value is -0.860. The minimum absolute atomic E-state index is 0.0977. The van der Waals surface area contributed by atoms with Gasteiger partial charge in [0.25, 0.3) is 0 Å². The first kappa shape index (κ1) is 11.6. The van der Waals surface area contributed by atoms with E-state index in [0.717, 1.165) is 12.3 Å². The maximum atomic E-state index is 10.2. The molecule has 0 bridgehead atoms. The Morgan fingerprint density at radius 2 is 2.19 bits per heavy atom. The van der Waals surface area contributed by atoms with E-state index < -0.39 is 0 Å². The Kier molecular flexibility index (Phi) is 3.62. The van der Waals surface area contributed by atoms with Gasteiger partial charge < -0.3 is 10.8 Å². The number of rotatable bonds is 5. The van der Waals surface area contributed by atoms with Crippen LogP contribution in [0.15, 0.2) is 24.3 Å². The maximum absolute atomic E-state index is 10.2. The van der Waals surface area contributed by atoms with E-state index in [2.05, 4.69) is 25.1 Å². The molecule has 1 aliphatic rings. The second-order valence-electron chi connectivity index (χ2n) is 5.00. The van der Waals surface area contributed by atoms with Crippen LogP contribution in [0.4, 0.5) is 0 Å². The van der Waals surface area contributed by atoms with Gasteiger partial charge in [0.2, 0.25) is 0 Å². The molecule has 1 aliphatic carbocycles. The fraction of sp³-hybridized carbons (Fsp3) is 0.571. The Balaban J connectivity index is 2.07. The highest BCUT2D eigenvalue weighted by atomic mass is 16.3. The Bertz CT molecular complexity index is 346. The van der Waals surface area contributed by atoms with E-state index in [1.165, 1.54) is 24.0 Å². The smallest absolute Gasteiger partial charge is 0.0623 e. The van der Waals surface area contributed by atoms with Crippen molar-refractivity contribution in [2.75, 3.05) is 6.54 Å². The van der Waals surface area contributed by atoms with E-state index >= 15 is 0 Å². The number of hydrogen-bond donors (Lipinski definition) is 2. The fourth-order valence-corrected chi connectivity index (χ4v) is 2.28. The highest BCUT2D eigenvalue weighted by Gasteiger charge is 2.28. The lowest BCUT2D eigenvalue weighted by Gasteiger charge is -2.22. The van der Waals surface area contributed by atoms with Crippen molar-refractivity contribution >= 4 is 0 Å². The zero-order valence-corrected chi connectivity index (χ0v) is 9.89. The predicted octanol–water partition coefficient (Wildman–Crippen LogP) is 2.20. The second kappa shape index (κ2) is 4.98. The summed E-state index contributed by atoms with van der Waals surface area (Å²) in [5.41, 5.74) is 8.20. The van der Waals surface area contributed by atoms with Crippen molar-refractivity contribution in [1.82, 2.24) is 0 Å². The molecule has 1 aromatic rings. The molecule has 16 heavy (non-hydrogen) atoms. The van der Waals surface area contributed by atoms with Crippen LogP contribution >= 0.6 is 0 Å². The van der Waals surface area contributed by atoms with Gasteiger partial charge in [-0.25, -0.2) is 0 Å². The standard InChI is InChI=1S/C14H21NO/c1-10-3-2-4-12(7-10)13(9-15)14(16)8-11-5-6-11/h2-4,7,11,13-14,16H,5-6,8-9,15H2,1H3. The molecule has 2 atom stereocenters. The Morgan fingerprint density at radius 3 is 2.75 bits per heavy atom. The third-order valence-corrected chi connectivity index (χ3v) is 3.46. The quantitative estimate of drug-likeness (QED) is 0.797. The van der Waals surface area contributed by atoms with Gasteiger partial charge in [-0.15, -0.1) is 0 Å². The average molecular weight is 219 g/mol. The van der Waals surface area contributed by atoms with Gasteiger partial charge >= 0.3 is 0 Å². The summed E-state index contributed by atoms with van der Waals surface area (Å²) in [7, 11) is 0. The summed E-state index contributed by atoms with van der Waals surface area (Å²) in [6.07, 6.45) is 3.19. The van der Waals surface area contributed by atoms with Crippen LogP contribution < -0.4 is 5.73 Å². The van der Waals surface area contributed by atoms with Crippen LogP contribution in [0.2, 0.25) is 0 Å². The first-order valence-electron chi connectivity index (χ1n) is 6.15. The van der Waals surface area contributed by atoms with Crippen LogP contribution in [0.1, 0.15) is 36.3 Å². The molecule has 0 aromatic heterocycles. The summed E-state index contributed by atoms with van der Waals surface area (Å²) >= 11 is 0. The molecule has 0 amide bonds. The summed E-state index contributed by atoms with van der Waals surface area (Å²) in [5, 5.41) is 10.2. The molecule has 0 spiro atoms. The number of aliphatic hydroxyl groups excluding tert-OH is 1. The van der Waals surface area contributed by atoms with E-state index in [0.29, 0.717) is 6.54 Å². The first-order chi connectivity index (χ1) is 7.70. The van der Waals surface area contributed by atoms with Crippen molar-refractivity contribution in [3.8, 4) is 0 Å². The van der Waals surface area contributed by atoms with E-state index in [4.69, 9.17) is 5.73 Å². The lowest BCUT2D eigenvalue weighted by molar-refractivity contribution is 0.129. The molecule has 2 unspecified atom stereocenters. The lowest BCUT2D eigenvalue weighted by atomic mass is 9.90. The van der Waals surface area contributed by atoms with E-state index in [-0.39, 0.29) is 12.0 Å². The molecular weight excluding hydrogens is 198 g/mol. The normalized spacial score (nSPS) is 19.4. The zero-order valence-electron chi connectivity index (χ0n) is 9.89. The maximum Gasteiger partial charge on any atom is 0.0623 e. The Labute approximate surface area is 97.5 Å². The topological polar surface area (TPSA) is 46.2 Å². The molecule has 0 saturated heterocycles. The molecule has 2 rings (SSSR count). The average Bonchev–Trinajstić information content (AvgIpc) is 3.03. The van der Waals surface area contributed by atoms with Gasteiger partial charge in [-0.2, -0.15) is 0 Å². The van der Waals surface area contributed by atoms with Crippen LogP contribution in [0, 0.1) is 12.8 Å². The molecule has 3 N–H and O–H groups in total. The molecule has 88 valence electrons. The second-order valence-corrected chi connectivity index (χ2v) is 5.00. The molecule has 2 nitrogen and oxygen atoms in total. The van der Waals surface area contributed by atoms with Gasteiger partial charge in [0, 0.05) is 12.5 Å². The van der Waals surface area contributed by atoms with Crippen LogP contribution in [0.25, 0.3) is 0 Å². The SMILES string of the molecule is Cc1cccc(C(CN)C(O)CC2CC2)c1. The highest BCUT2D eigenvalue weighted by molar-refractivity contribution is 5.26. The minimum atomic E-state index is -0.278. The molecular formula is C14H21NO. The van der Waals surface area contributed by atoms with Crippen molar-refractivity contribution in [3.63, 3.8) is 0 Å². The number of benzene rings is 1. The molecule has 1 fully saturated rings. The van der Waals surface area contributed by atoms with Crippen LogP contribution in [0.3, 0.4) is 0 Å². The fourth-order valence-electron chi connectivity index (χ4n) is 2.28. The Morgan fingerprint density at radius 1 is 1.44 bits per heavy atom. The van der Waals surface area contributed by atoms with Gasteiger partial charge in [0.1, 0.15) is 0 Å². The van der Waals surface area contributed by atoms with Crippen LogP contribution in [-0.4, -0.2) is 17.8 Å². The van der Waals surface area contributed by atoms with Gasteiger partial charge in [-0.1, -0.05) is 42.7 Å². The molecule has 1 aromatic carbocycles. The number of aliphatic hydroxyl groups is 1. The van der Waals surface area contributed by atoms with E-state index in [9.17, 15) is 5.11 Å². The largest absolute Gasteiger partial charge is 0.392 e. The predicted molar refractivity (Wildman–Crippen MR) is 66.3 cm³/mol. The summed E-state index contributed by atoms with van der Waals surface area (Å²) in [5.74, 6) is 0.842.